The predicted molar refractivity (Wildman–Crippen MR) is 103 cm³/mol. The van der Waals surface area contributed by atoms with Crippen molar-refractivity contribution in [3.63, 3.8) is 0 Å². The first-order chi connectivity index (χ1) is 12.1. The fraction of sp³-hybridized carbons (Fsp3) is 0.471. The molecule has 0 saturated carbocycles. The summed E-state index contributed by atoms with van der Waals surface area (Å²) in [6, 6.07) is 5.05. The number of anilines is 1. The number of nitrogens with one attached hydrogen (secondary N) is 1. The molecule has 0 aliphatic carbocycles. The second-order valence-electron chi connectivity index (χ2n) is 5.53. The lowest BCUT2D eigenvalue weighted by Crippen LogP contribution is -2.12. The Labute approximate surface area is 161 Å². The van der Waals surface area contributed by atoms with Crippen LogP contribution >= 0.6 is 34.5 Å². The molecule has 0 bridgehead atoms. The summed E-state index contributed by atoms with van der Waals surface area (Å²) in [6.45, 7) is 2.56. The molecule has 0 atom stereocenters. The molecule has 0 spiro atoms. The molecule has 8 heteroatoms. The van der Waals surface area contributed by atoms with E-state index in [4.69, 9.17) is 27.9 Å². The van der Waals surface area contributed by atoms with Crippen LogP contribution in [0.1, 0.15) is 44.0 Å². The minimum atomic E-state index is -0.0953. The molecule has 1 amide bonds. The second-order valence-corrected chi connectivity index (χ2v) is 7.44. The smallest absolute Gasteiger partial charge is 0.226 e. The van der Waals surface area contributed by atoms with E-state index in [1.165, 1.54) is 24.2 Å². The Hall–Kier alpha value is -1.37. The molecule has 1 aromatic carbocycles. The first kappa shape index (κ1) is 19.9. The Balaban J connectivity index is 1.67. The van der Waals surface area contributed by atoms with Crippen LogP contribution in [0.5, 0.6) is 5.75 Å². The van der Waals surface area contributed by atoms with E-state index >= 15 is 0 Å². The average Bonchev–Trinajstić information content (AvgIpc) is 3.01. The number of unbranched alkanes of at least 4 members (excludes halogenated alkanes) is 2. The number of hydrogen-bond donors (Lipinski definition) is 1. The second kappa shape index (κ2) is 10.6. The molecule has 1 heterocycles. The van der Waals surface area contributed by atoms with Gasteiger partial charge in [0.25, 0.3) is 0 Å². The van der Waals surface area contributed by atoms with Gasteiger partial charge in [-0.1, -0.05) is 54.3 Å². The average molecular weight is 402 g/mol. The van der Waals surface area contributed by atoms with Gasteiger partial charge in [0.1, 0.15) is 10.8 Å². The Morgan fingerprint density at radius 3 is 2.84 bits per heavy atom. The van der Waals surface area contributed by atoms with Gasteiger partial charge < -0.3 is 10.1 Å². The van der Waals surface area contributed by atoms with Crippen molar-refractivity contribution in [1.29, 1.82) is 0 Å². The van der Waals surface area contributed by atoms with Gasteiger partial charge in [-0.15, -0.1) is 10.2 Å². The van der Waals surface area contributed by atoms with E-state index in [0.717, 1.165) is 17.8 Å². The monoisotopic (exact) mass is 401 g/mol. The summed E-state index contributed by atoms with van der Waals surface area (Å²) in [4.78, 5) is 11.9. The van der Waals surface area contributed by atoms with E-state index in [9.17, 15) is 4.79 Å². The fourth-order valence-corrected chi connectivity index (χ4v) is 3.38. The highest BCUT2D eigenvalue weighted by Gasteiger charge is 2.09. The molecule has 1 N–H and O–H groups in total. The molecule has 0 radical (unpaired) electrons. The summed E-state index contributed by atoms with van der Waals surface area (Å²) in [5, 5.41) is 13.4. The van der Waals surface area contributed by atoms with Crippen LogP contribution in [0.2, 0.25) is 10.0 Å². The maximum absolute atomic E-state index is 11.9. The lowest BCUT2D eigenvalue weighted by Gasteiger charge is -2.07. The van der Waals surface area contributed by atoms with Gasteiger partial charge in [-0.05, 0) is 31.0 Å². The number of aromatic nitrogens is 2. The van der Waals surface area contributed by atoms with Gasteiger partial charge in [0.15, 0.2) is 0 Å². The highest BCUT2D eigenvalue weighted by molar-refractivity contribution is 7.15. The van der Waals surface area contributed by atoms with Crippen molar-refractivity contribution in [1.82, 2.24) is 10.2 Å². The first-order valence-electron chi connectivity index (χ1n) is 8.28. The van der Waals surface area contributed by atoms with Gasteiger partial charge in [0.2, 0.25) is 11.0 Å². The van der Waals surface area contributed by atoms with Crippen molar-refractivity contribution in [2.24, 2.45) is 0 Å². The molecule has 136 valence electrons. The quantitative estimate of drug-likeness (QED) is 0.543. The summed E-state index contributed by atoms with van der Waals surface area (Å²) in [5.74, 6) is 0.467. The van der Waals surface area contributed by atoms with Crippen LogP contribution in [0.3, 0.4) is 0 Å². The standard InChI is InChI=1S/C17H21Cl2N3O2S/c1-2-3-4-7-16-21-22-17(25-16)20-15(23)6-5-10-24-14-9-8-12(18)11-13(14)19/h8-9,11H,2-7,10H2,1H3,(H,20,22,23). The van der Waals surface area contributed by atoms with Crippen molar-refractivity contribution >= 4 is 45.6 Å². The minimum Gasteiger partial charge on any atom is -0.492 e. The third-order valence-electron chi connectivity index (χ3n) is 3.41. The molecular weight excluding hydrogens is 381 g/mol. The highest BCUT2D eigenvalue weighted by atomic mass is 35.5. The molecule has 2 aromatic rings. The molecule has 25 heavy (non-hydrogen) atoms. The summed E-state index contributed by atoms with van der Waals surface area (Å²) in [7, 11) is 0. The zero-order valence-electron chi connectivity index (χ0n) is 14.1. The van der Waals surface area contributed by atoms with Crippen LogP contribution in [0.15, 0.2) is 18.2 Å². The molecule has 0 fully saturated rings. The third kappa shape index (κ3) is 7.18. The number of amides is 1. The fourth-order valence-electron chi connectivity index (χ4n) is 2.12. The first-order valence-corrected chi connectivity index (χ1v) is 9.86. The summed E-state index contributed by atoms with van der Waals surface area (Å²) < 4.78 is 5.56. The molecule has 1 aromatic heterocycles. The Bertz CT molecular complexity index is 694. The normalized spacial score (nSPS) is 10.7. The maximum atomic E-state index is 11.9. The van der Waals surface area contributed by atoms with E-state index in [2.05, 4.69) is 22.4 Å². The number of hydrogen-bond acceptors (Lipinski definition) is 5. The lowest BCUT2D eigenvalue weighted by molar-refractivity contribution is -0.116. The van der Waals surface area contributed by atoms with Gasteiger partial charge in [-0.2, -0.15) is 0 Å². The van der Waals surface area contributed by atoms with Gasteiger partial charge >= 0.3 is 0 Å². The largest absolute Gasteiger partial charge is 0.492 e. The van der Waals surface area contributed by atoms with Crippen molar-refractivity contribution in [2.45, 2.75) is 45.4 Å². The third-order valence-corrected chi connectivity index (χ3v) is 4.84. The van der Waals surface area contributed by atoms with E-state index in [1.54, 1.807) is 18.2 Å². The van der Waals surface area contributed by atoms with Crippen molar-refractivity contribution in [2.75, 3.05) is 11.9 Å². The van der Waals surface area contributed by atoms with Gasteiger partial charge in [0, 0.05) is 17.9 Å². The number of carbonyl (C=O) groups is 1. The minimum absolute atomic E-state index is 0.0953. The number of aryl methyl sites for hydroxylation is 1. The molecule has 0 unspecified atom stereocenters. The molecule has 5 nitrogen and oxygen atoms in total. The van der Waals surface area contributed by atoms with Crippen molar-refractivity contribution in [3.8, 4) is 5.75 Å². The number of carbonyl (C=O) groups excluding carboxylic acids is 1. The zero-order valence-corrected chi connectivity index (χ0v) is 16.4. The van der Waals surface area contributed by atoms with Crippen LogP contribution in [-0.2, 0) is 11.2 Å². The number of benzene rings is 1. The Morgan fingerprint density at radius 2 is 2.08 bits per heavy atom. The van der Waals surface area contributed by atoms with Crippen molar-refractivity contribution < 1.29 is 9.53 Å². The Morgan fingerprint density at radius 1 is 1.24 bits per heavy atom. The molecule has 0 aliphatic rings. The zero-order chi connectivity index (χ0) is 18.1. The van der Waals surface area contributed by atoms with E-state index < -0.39 is 0 Å². The van der Waals surface area contributed by atoms with E-state index in [1.807, 2.05) is 0 Å². The van der Waals surface area contributed by atoms with Crippen LogP contribution in [0.4, 0.5) is 5.13 Å². The SMILES string of the molecule is CCCCCc1nnc(NC(=O)CCCOc2ccc(Cl)cc2Cl)s1. The van der Waals surface area contributed by atoms with Gasteiger partial charge in [0.05, 0.1) is 11.6 Å². The molecule has 0 saturated heterocycles. The number of nitrogens with zero attached hydrogens (tertiary/aromatic N) is 2. The van der Waals surface area contributed by atoms with Gasteiger partial charge in [-0.25, -0.2) is 0 Å². The Kier molecular flexibility index (Phi) is 8.44. The molecular formula is C17H21Cl2N3O2S. The highest BCUT2D eigenvalue weighted by Crippen LogP contribution is 2.27. The summed E-state index contributed by atoms with van der Waals surface area (Å²) in [6.07, 6.45) is 5.29. The molecule has 2 rings (SSSR count). The number of halogens is 2. The number of ether oxygens (including phenoxy) is 1. The van der Waals surface area contributed by atoms with Gasteiger partial charge in [-0.3, -0.25) is 4.79 Å². The van der Waals surface area contributed by atoms with Crippen LogP contribution in [0.25, 0.3) is 0 Å². The van der Waals surface area contributed by atoms with Crippen LogP contribution < -0.4 is 10.1 Å². The van der Waals surface area contributed by atoms with E-state index in [0.29, 0.717) is 40.4 Å². The summed E-state index contributed by atoms with van der Waals surface area (Å²) >= 11 is 13.3. The maximum Gasteiger partial charge on any atom is 0.226 e. The summed E-state index contributed by atoms with van der Waals surface area (Å²) in [5.41, 5.74) is 0. The molecule has 0 aliphatic heterocycles. The van der Waals surface area contributed by atoms with Crippen LogP contribution in [-0.4, -0.2) is 22.7 Å². The van der Waals surface area contributed by atoms with Crippen molar-refractivity contribution in [3.05, 3.63) is 33.3 Å². The number of rotatable bonds is 10. The predicted octanol–water partition coefficient (Wildman–Crippen LogP) is 5.38. The topological polar surface area (TPSA) is 64.1 Å². The van der Waals surface area contributed by atoms with E-state index in [-0.39, 0.29) is 5.91 Å². The van der Waals surface area contributed by atoms with Crippen LogP contribution in [0, 0.1) is 0 Å². The lowest BCUT2D eigenvalue weighted by atomic mass is 10.2.